The molecule has 10 nitrogen and oxygen atoms in total. The smallest absolute Gasteiger partial charge is 0.333 e. The van der Waals surface area contributed by atoms with Gasteiger partial charge in [0, 0.05) is 11.2 Å². The van der Waals surface area contributed by atoms with Gasteiger partial charge in [-0.05, 0) is 30.3 Å². The zero-order chi connectivity index (χ0) is 20.1. The van der Waals surface area contributed by atoms with Crippen LogP contribution in [0.15, 0.2) is 49.1 Å². The fourth-order valence-corrected chi connectivity index (χ4v) is 2.66. The van der Waals surface area contributed by atoms with Gasteiger partial charge in [0.25, 0.3) is 5.91 Å². The SMILES string of the molecule is O=C(NNc1ncnc(Nc2cccnc2)c1[N+](=O)[O-])c1ccc(Cl)cc1Cl. The van der Waals surface area contributed by atoms with Crippen LogP contribution in [0.1, 0.15) is 10.4 Å². The average Bonchev–Trinajstić information content (AvgIpc) is 2.66. The van der Waals surface area contributed by atoms with Gasteiger partial charge in [-0.1, -0.05) is 23.2 Å². The van der Waals surface area contributed by atoms with Gasteiger partial charge >= 0.3 is 5.69 Å². The van der Waals surface area contributed by atoms with Crippen molar-refractivity contribution in [2.24, 2.45) is 0 Å². The highest BCUT2D eigenvalue weighted by atomic mass is 35.5. The van der Waals surface area contributed by atoms with Gasteiger partial charge in [0.1, 0.15) is 6.33 Å². The van der Waals surface area contributed by atoms with Gasteiger partial charge in [-0.15, -0.1) is 0 Å². The highest BCUT2D eigenvalue weighted by Gasteiger charge is 2.24. The molecule has 3 rings (SSSR count). The second-order valence-electron chi connectivity index (χ2n) is 5.25. The fraction of sp³-hybridized carbons (Fsp3) is 0. The van der Waals surface area contributed by atoms with E-state index in [1.807, 2.05) is 0 Å². The number of hydrazine groups is 1. The maximum absolute atomic E-state index is 12.3. The molecule has 12 heteroatoms. The van der Waals surface area contributed by atoms with Crippen LogP contribution in [0.4, 0.5) is 23.0 Å². The van der Waals surface area contributed by atoms with Crippen LogP contribution in [0.2, 0.25) is 10.0 Å². The molecule has 0 aliphatic heterocycles. The molecule has 1 aromatic carbocycles. The van der Waals surface area contributed by atoms with E-state index in [4.69, 9.17) is 23.2 Å². The molecule has 0 aliphatic carbocycles. The lowest BCUT2D eigenvalue weighted by atomic mass is 10.2. The van der Waals surface area contributed by atoms with Crippen LogP contribution in [0, 0.1) is 10.1 Å². The third kappa shape index (κ3) is 4.42. The first-order valence-corrected chi connectivity index (χ1v) is 8.39. The summed E-state index contributed by atoms with van der Waals surface area (Å²) in [4.78, 5) is 34.7. The predicted molar refractivity (Wildman–Crippen MR) is 104 cm³/mol. The summed E-state index contributed by atoms with van der Waals surface area (Å²) in [6.07, 6.45) is 4.14. The Labute approximate surface area is 168 Å². The van der Waals surface area contributed by atoms with E-state index in [-0.39, 0.29) is 22.2 Å². The zero-order valence-electron chi connectivity index (χ0n) is 13.9. The summed E-state index contributed by atoms with van der Waals surface area (Å²) in [5.74, 6) is -0.921. The van der Waals surface area contributed by atoms with Crippen LogP contribution < -0.4 is 16.2 Å². The van der Waals surface area contributed by atoms with Crippen LogP contribution in [0.25, 0.3) is 0 Å². The maximum Gasteiger partial charge on any atom is 0.355 e. The van der Waals surface area contributed by atoms with E-state index >= 15 is 0 Å². The van der Waals surface area contributed by atoms with E-state index < -0.39 is 16.5 Å². The summed E-state index contributed by atoms with van der Waals surface area (Å²) in [7, 11) is 0. The Morgan fingerprint density at radius 2 is 1.93 bits per heavy atom. The van der Waals surface area contributed by atoms with E-state index in [1.54, 1.807) is 18.3 Å². The Bertz CT molecular complexity index is 1030. The first-order chi connectivity index (χ1) is 13.5. The fourth-order valence-electron chi connectivity index (χ4n) is 2.17. The average molecular weight is 420 g/mol. The molecule has 0 saturated heterocycles. The largest absolute Gasteiger partial charge is 0.355 e. The molecule has 0 bridgehead atoms. The molecule has 0 unspecified atom stereocenters. The maximum atomic E-state index is 12.3. The van der Waals surface area contributed by atoms with Crippen LogP contribution in [-0.2, 0) is 0 Å². The van der Waals surface area contributed by atoms with Gasteiger partial charge in [-0.3, -0.25) is 30.7 Å². The minimum atomic E-state index is -0.678. The van der Waals surface area contributed by atoms with Gasteiger partial charge in [0.2, 0.25) is 11.6 Å². The monoisotopic (exact) mass is 419 g/mol. The summed E-state index contributed by atoms with van der Waals surface area (Å²) in [5, 5.41) is 14.8. The lowest BCUT2D eigenvalue weighted by Crippen LogP contribution is -2.30. The lowest BCUT2D eigenvalue weighted by Gasteiger charge is -2.11. The van der Waals surface area contributed by atoms with Crippen LogP contribution in [0.5, 0.6) is 0 Å². The number of anilines is 3. The van der Waals surface area contributed by atoms with Gasteiger partial charge in [0.15, 0.2) is 0 Å². The van der Waals surface area contributed by atoms with Crippen LogP contribution >= 0.6 is 23.2 Å². The molecule has 1 amide bonds. The summed E-state index contributed by atoms with van der Waals surface area (Å²) >= 11 is 11.8. The number of halogens is 2. The summed E-state index contributed by atoms with van der Waals surface area (Å²) in [5.41, 5.74) is 4.89. The van der Waals surface area contributed by atoms with E-state index in [1.165, 1.54) is 24.4 Å². The Kier molecular flexibility index (Phi) is 5.82. The minimum Gasteiger partial charge on any atom is -0.333 e. The van der Waals surface area contributed by atoms with E-state index in [9.17, 15) is 14.9 Å². The molecule has 3 N–H and O–H groups in total. The number of nitrogens with one attached hydrogen (secondary N) is 3. The molecule has 3 aromatic rings. The highest BCUT2D eigenvalue weighted by Crippen LogP contribution is 2.30. The molecule has 0 atom stereocenters. The van der Waals surface area contributed by atoms with Crippen molar-refractivity contribution in [2.45, 2.75) is 0 Å². The first kappa shape index (κ1) is 19.3. The number of amides is 1. The van der Waals surface area contributed by atoms with E-state index in [0.717, 1.165) is 6.33 Å². The third-order valence-electron chi connectivity index (χ3n) is 3.40. The van der Waals surface area contributed by atoms with E-state index in [2.05, 4.69) is 31.1 Å². The van der Waals surface area contributed by atoms with Gasteiger partial charge in [-0.25, -0.2) is 9.97 Å². The highest BCUT2D eigenvalue weighted by molar-refractivity contribution is 6.36. The summed E-state index contributed by atoms with van der Waals surface area (Å²) in [6, 6.07) is 7.64. The van der Waals surface area contributed by atoms with Crippen LogP contribution in [0.3, 0.4) is 0 Å². The molecule has 0 spiro atoms. The third-order valence-corrected chi connectivity index (χ3v) is 3.95. The van der Waals surface area contributed by atoms with Crippen molar-refractivity contribution in [3.63, 3.8) is 0 Å². The number of aromatic nitrogens is 3. The summed E-state index contributed by atoms with van der Waals surface area (Å²) < 4.78 is 0. The normalized spacial score (nSPS) is 10.2. The molecule has 2 heterocycles. The Hall–Kier alpha value is -3.50. The van der Waals surface area contributed by atoms with Crippen LogP contribution in [-0.4, -0.2) is 25.8 Å². The second kappa shape index (κ2) is 8.46. The lowest BCUT2D eigenvalue weighted by molar-refractivity contribution is -0.383. The van der Waals surface area contributed by atoms with Crippen molar-refractivity contribution in [3.05, 3.63) is 74.8 Å². The summed E-state index contributed by atoms with van der Waals surface area (Å²) in [6.45, 7) is 0. The first-order valence-electron chi connectivity index (χ1n) is 7.63. The number of carbonyl (C=O) groups excluding carboxylic acids is 1. The van der Waals surface area contributed by atoms with Gasteiger partial charge < -0.3 is 5.32 Å². The Morgan fingerprint density at radius 3 is 2.61 bits per heavy atom. The second-order valence-corrected chi connectivity index (χ2v) is 6.09. The van der Waals surface area contributed by atoms with Gasteiger partial charge in [-0.2, -0.15) is 0 Å². The van der Waals surface area contributed by atoms with Crippen molar-refractivity contribution >= 4 is 52.1 Å². The van der Waals surface area contributed by atoms with Crippen molar-refractivity contribution < 1.29 is 9.72 Å². The number of carbonyl (C=O) groups is 1. The Morgan fingerprint density at radius 1 is 1.14 bits per heavy atom. The molecule has 28 heavy (non-hydrogen) atoms. The molecular weight excluding hydrogens is 409 g/mol. The number of rotatable bonds is 6. The molecule has 0 fully saturated rings. The number of hydrogen-bond acceptors (Lipinski definition) is 8. The zero-order valence-corrected chi connectivity index (χ0v) is 15.4. The minimum absolute atomic E-state index is 0.0747. The van der Waals surface area contributed by atoms with Crippen molar-refractivity contribution in [2.75, 3.05) is 10.7 Å². The number of pyridine rings is 1. The Balaban J connectivity index is 1.82. The number of nitro groups is 1. The number of hydrogen-bond donors (Lipinski definition) is 3. The standard InChI is InChI=1S/C16H11Cl2N7O3/c17-9-3-4-11(12(18)6-9)16(26)24-23-15-13(25(27)28)14(20-8-21-15)22-10-2-1-5-19-7-10/h1-8H,(H,24,26)(H2,20,21,22,23). The number of nitrogens with zero attached hydrogens (tertiary/aromatic N) is 4. The molecule has 0 saturated carbocycles. The van der Waals surface area contributed by atoms with Crippen molar-refractivity contribution in [1.29, 1.82) is 0 Å². The van der Waals surface area contributed by atoms with Gasteiger partial charge in [0.05, 0.1) is 27.4 Å². The molecule has 2 aromatic heterocycles. The van der Waals surface area contributed by atoms with Crippen molar-refractivity contribution in [1.82, 2.24) is 20.4 Å². The molecule has 0 aliphatic rings. The van der Waals surface area contributed by atoms with Crippen molar-refractivity contribution in [3.8, 4) is 0 Å². The quantitative estimate of drug-likeness (QED) is 0.407. The molecule has 142 valence electrons. The molecule has 0 radical (unpaired) electrons. The predicted octanol–water partition coefficient (Wildman–Crippen LogP) is 3.59. The number of benzene rings is 1. The topological polar surface area (TPSA) is 135 Å². The van der Waals surface area contributed by atoms with E-state index in [0.29, 0.717) is 10.7 Å². The molecular formula is C16H11Cl2N7O3.